The second-order valence-electron chi connectivity index (χ2n) is 10.2. The highest BCUT2D eigenvalue weighted by Crippen LogP contribution is 2.31. The van der Waals surface area contributed by atoms with E-state index in [4.69, 9.17) is 4.74 Å². The molecule has 1 fully saturated rings. The van der Waals surface area contributed by atoms with Crippen LogP contribution in [0.15, 0.2) is 46.9 Å². The lowest BCUT2D eigenvalue weighted by molar-refractivity contribution is -0.143. The molecular weight excluding hydrogens is 511 g/mol. The number of ether oxygens (including phenoxy) is 1. The molecule has 35 heavy (non-hydrogen) atoms. The van der Waals surface area contributed by atoms with Gasteiger partial charge < -0.3 is 15.0 Å². The Morgan fingerprint density at radius 2 is 1.80 bits per heavy atom. The average Bonchev–Trinajstić information content (AvgIpc) is 3.31. The molecule has 7 heteroatoms. The van der Waals surface area contributed by atoms with E-state index in [1.165, 1.54) is 12.1 Å². The normalized spacial score (nSPS) is 15.0. The summed E-state index contributed by atoms with van der Waals surface area (Å²) in [7, 11) is 0. The van der Waals surface area contributed by atoms with Crippen LogP contribution in [0, 0.1) is 5.82 Å². The average molecular weight is 548 g/mol. The van der Waals surface area contributed by atoms with Crippen LogP contribution < -0.4 is 10.1 Å². The van der Waals surface area contributed by atoms with Crippen LogP contribution in [-0.4, -0.2) is 35.4 Å². The molecule has 190 valence electrons. The first-order chi connectivity index (χ1) is 16.6. The maximum atomic E-state index is 13.4. The zero-order valence-electron chi connectivity index (χ0n) is 21.1. The number of hydrogen-bond donors (Lipinski definition) is 1. The number of nitrogens with zero attached hydrogens (tertiary/aromatic N) is 1. The summed E-state index contributed by atoms with van der Waals surface area (Å²) in [5.41, 5.74) is 1.89. The Bertz CT molecular complexity index is 1010. The van der Waals surface area contributed by atoms with E-state index >= 15 is 0 Å². The number of carbonyl (C=O) groups is 2. The zero-order chi connectivity index (χ0) is 25.6. The van der Waals surface area contributed by atoms with Gasteiger partial charge >= 0.3 is 0 Å². The molecule has 5 nitrogen and oxygen atoms in total. The standard InChI is InChI=1S/C28H36BrFN2O3/c1-5-24(27(34)31-22-8-6-7-9-22)32(17-19-10-13-21(30)14-11-19)26(33)18-35-25-15-12-20(16-23(25)29)28(2,3)4/h10-16,22,24H,5-9,17-18H2,1-4H3,(H,31,34). The molecule has 2 amide bonds. The van der Waals surface area contributed by atoms with Crippen LogP contribution in [0.25, 0.3) is 0 Å². The summed E-state index contributed by atoms with van der Waals surface area (Å²) in [5, 5.41) is 3.12. The highest BCUT2D eigenvalue weighted by Gasteiger charge is 2.31. The number of amides is 2. The minimum atomic E-state index is -0.636. The van der Waals surface area contributed by atoms with Gasteiger partial charge in [0.25, 0.3) is 5.91 Å². The van der Waals surface area contributed by atoms with Crippen molar-refractivity contribution in [3.63, 3.8) is 0 Å². The van der Waals surface area contributed by atoms with Gasteiger partial charge in [-0.2, -0.15) is 0 Å². The number of hydrogen-bond acceptors (Lipinski definition) is 3. The third-order valence-electron chi connectivity index (χ3n) is 6.50. The minimum absolute atomic E-state index is 0.0101. The molecule has 1 unspecified atom stereocenters. The predicted molar refractivity (Wildman–Crippen MR) is 140 cm³/mol. The fourth-order valence-electron chi connectivity index (χ4n) is 4.38. The van der Waals surface area contributed by atoms with Crippen LogP contribution in [0.3, 0.4) is 0 Å². The molecule has 2 aromatic rings. The lowest BCUT2D eigenvalue weighted by Crippen LogP contribution is -2.52. The van der Waals surface area contributed by atoms with E-state index in [1.54, 1.807) is 17.0 Å². The Morgan fingerprint density at radius 3 is 2.37 bits per heavy atom. The van der Waals surface area contributed by atoms with Crippen molar-refractivity contribution in [3.8, 4) is 5.75 Å². The topological polar surface area (TPSA) is 58.6 Å². The molecule has 1 N–H and O–H groups in total. The lowest BCUT2D eigenvalue weighted by atomic mass is 9.87. The third-order valence-corrected chi connectivity index (χ3v) is 7.12. The molecular formula is C28H36BrFN2O3. The van der Waals surface area contributed by atoms with E-state index in [9.17, 15) is 14.0 Å². The van der Waals surface area contributed by atoms with E-state index in [1.807, 2.05) is 25.1 Å². The van der Waals surface area contributed by atoms with Gasteiger partial charge in [0, 0.05) is 12.6 Å². The highest BCUT2D eigenvalue weighted by atomic mass is 79.9. The second-order valence-corrected chi connectivity index (χ2v) is 11.1. The molecule has 0 heterocycles. The summed E-state index contributed by atoms with van der Waals surface area (Å²) in [5.74, 6) is -0.221. The van der Waals surface area contributed by atoms with Crippen molar-refractivity contribution in [3.05, 3.63) is 63.9 Å². The maximum absolute atomic E-state index is 13.4. The minimum Gasteiger partial charge on any atom is -0.483 e. The van der Waals surface area contributed by atoms with Gasteiger partial charge in [0.05, 0.1) is 4.47 Å². The van der Waals surface area contributed by atoms with E-state index in [0.29, 0.717) is 12.2 Å². The molecule has 0 aromatic heterocycles. The van der Waals surface area contributed by atoms with Gasteiger partial charge in [0.1, 0.15) is 17.6 Å². The first-order valence-corrected chi connectivity index (χ1v) is 13.1. The van der Waals surface area contributed by atoms with Crippen molar-refractivity contribution < 1.29 is 18.7 Å². The summed E-state index contributed by atoms with van der Waals surface area (Å²) in [6.07, 6.45) is 4.62. The quantitative estimate of drug-likeness (QED) is 0.411. The largest absolute Gasteiger partial charge is 0.483 e. The summed E-state index contributed by atoms with van der Waals surface area (Å²) in [4.78, 5) is 28.1. The molecule has 1 aliphatic rings. The van der Waals surface area contributed by atoms with Crippen molar-refractivity contribution >= 4 is 27.7 Å². The molecule has 1 saturated carbocycles. The van der Waals surface area contributed by atoms with Gasteiger partial charge in [0.2, 0.25) is 5.91 Å². The Balaban J connectivity index is 1.77. The SMILES string of the molecule is CCC(C(=O)NC1CCCC1)N(Cc1ccc(F)cc1)C(=O)COc1ccc(C(C)(C)C)cc1Br. The van der Waals surface area contributed by atoms with Crippen molar-refractivity contribution in [1.29, 1.82) is 0 Å². The van der Waals surface area contributed by atoms with Crippen LogP contribution in [0.5, 0.6) is 5.75 Å². The van der Waals surface area contributed by atoms with Crippen LogP contribution >= 0.6 is 15.9 Å². The molecule has 1 aliphatic carbocycles. The lowest BCUT2D eigenvalue weighted by Gasteiger charge is -2.31. The molecule has 0 aliphatic heterocycles. The Labute approximate surface area is 216 Å². The van der Waals surface area contributed by atoms with Gasteiger partial charge in [-0.25, -0.2) is 4.39 Å². The smallest absolute Gasteiger partial charge is 0.261 e. The Morgan fingerprint density at radius 1 is 1.14 bits per heavy atom. The maximum Gasteiger partial charge on any atom is 0.261 e. The molecule has 0 bridgehead atoms. The fraction of sp³-hybridized carbons (Fsp3) is 0.500. The second kappa shape index (κ2) is 12.0. The molecule has 0 spiro atoms. The summed E-state index contributed by atoms with van der Waals surface area (Å²) < 4.78 is 20.1. The molecule has 2 aromatic carbocycles. The molecule has 0 saturated heterocycles. The number of rotatable bonds is 9. The zero-order valence-corrected chi connectivity index (χ0v) is 22.7. The van der Waals surface area contributed by atoms with Crippen LogP contribution in [-0.2, 0) is 21.5 Å². The number of benzene rings is 2. The fourth-order valence-corrected chi connectivity index (χ4v) is 4.87. The first-order valence-electron chi connectivity index (χ1n) is 12.4. The third kappa shape index (κ3) is 7.53. The van der Waals surface area contributed by atoms with Gasteiger partial charge in [-0.05, 0) is 76.0 Å². The van der Waals surface area contributed by atoms with Gasteiger partial charge in [0.15, 0.2) is 6.61 Å². The van der Waals surface area contributed by atoms with E-state index in [2.05, 4.69) is 42.0 Å². The number of carbonyl (C=O) groups excluding carboxylic acids is 2. The number of halogens is 2. The van der Waals surface area contributed by atoms with Crippen molar-refractivity contribution in [2.24, 2.45) is 0 Å². The van der Waals surface area contributed by atoms with Gasteiger partial charge in [-0.15, -0.1) is 0 Å². The molecule has 0 radical (unpaired) electrons. The number of nitrogens with one attached hydrogen (secondary N) is 1. The van der Waals surface area contributed by atoms with Crippen molar-refractivity contribution in [2.45, 2.75) is 83.8 Å². The van der Waals surface area contributed by atoms with E-state index < -0.39 is 6.04 Å². The van der Waals surface area contributed by atoms with E-state index in [-0.39, 0.29) is 42.2 Å². The van der Waals surface area contributed by atoms with Gasteiger partial charge in [-0.1, -0.05) is 58.7 Å². The van der Waals surface area contributed by atoms with Crippen LogP contribution in [0.1, 0.15) is 70.9 Å². The molecule has 1 atom stereocenters. The summed E-state index contributed by atoms with van der Waals surface area (Å²) in [6, 6.07) is 11.4. The Kier molecular flexibility index (Phi) is 9.34. The van der Waals surface area contributed by atoms with Crippen molar-refractivity contribution in [1.82, 2.24) is 10.2 Å². The van der Waals surface area contributed by atoms with Crippen LogP contribution in [0.4, 0.5) is 4.39 Å². The molecule has 3 rings (SSSR count). The van der Waals surface area contributed by atoms with Gasteiger partial charge in [-0.3, -0.25) is 9.59 Å². The summed E-state index contributed by atoms with van der Waals surface area (Å²) >= 11 is 3.55. The van der Waals surface area contributed by atoms with Crippen LogP contribution in [0.2, 0.25) is 0 Å². The highest BCUT2D eigenvalue weighted by molar-refractivity contribution is 9.10. The van der Waals surface area contributed by atoms with Crippen molar-refractivity contribution in [2.75, 3.05) is 6.61 Å². The Hall–Kier alpha value is -2.41. The monoisotopic (exact) mass is 546 g/mol. The van der Waals surface area contributed by atoms with E-state index in [0.717, 1.165) is 41.3 Å². The predicted octanol–water partition coefficient (Wildman–Crippen LogP) is 6.13. The first kappa shape index (κ1) is 27.2. The summed E-state index contributed by atoms with van der Waals surface area (Å²) in [6.45, 7) is 8.28.